The van der Waals surface area contributed by atoms with E-state index < -0.39 is 4.90 Å². The normalized spacial score (nSPS) is 14.3. The molecule has 0 heterocycles. The predicted molar refractivity (Wildman–Crippen MR) is 90.1 cm³/mol. The summed E-state index contributed by atoms with van der Waals surface area (Å²) in [5, 5.41) is 31.5. The van der Waals surface area contributed by atoms with Crippen molar-refractivity contribution in [2.45, 2.75) is 0 Å². The zero-order valence-electron chi connectivity index (χ0n) is 11.5. The number of allylic oxidation sites excluding steroid dienone is 5. The molecule has 0 fully saturated rings. The standard InChI is InChI=1S/C15H14N3O3S/c16-15(17-12-4-2-1-3-5-12)22-10-14(19)11-6-8-13(9-7-11)18(20)21/h1-9H,10H2,(H3-,16,17,19,20,21)/q-1. The molecule has 22 heavy (non-hydrogen) atoms. The lowest BCUT2D eigenvalue weighted by Gasteiger charge is -2.09. The first-order chi connectivity index (χ1) is 10.6. The second-order valence-electron chi connectivity index (χ2n) is 4.32. The lowest BCUT2D eigenvalue weighted by Crippen LogP contribution is -2.09. The third kappa shape index (κ3) is 4.42. The van der Waals surface area contributed by atoms with Crippen LogP contribution in [0.3, 0.4) is 0 Å². The lowest BCUT2D eigenvalue weighted by molar-refractivity contribution is -0.377. The molecule has 3 N–H and O–H groups in total. The van der Waals surface area contributed by atoms with Crippen molar-refractivity contribution < 1.29 is 10.0 Å². The van der Waals surface area contributed by atoms with Crippen LogP contribution in [0, 0.1) is 10.4 Å². The zero-order chi connectivity index (χ0) is 15.9. The molecule has 1 aromatic rings. The van der Waals surface area contributed by atoms with Gasteiger partial charge in [-0.15, -0.1) is 0 Å². The first kappa shape index (κ1) is 15.7. The van der Waals surface area contributed by atoms with E-state index >= 15 is 0 Å². The van der Waals surface area contributed by atoms with Gasteiger partial charge in [0.2, 0.25) is 5.71 Å². The van der Waals surface area contributed by atoms with E-state index in [2.05, 4.69) is 4.99 Å². The van der Waals surface area contributed by atoms with Gasteiger partial charge < -0.3 is 21.3 Å². The second kappa shape index (κ2) is 7.37. The van der Waals surface area contributed by atoms with Gasteiger partial charge in [-0.3, -0.25) is 0 Å². The Balaban J connectivity index is 1.99. The van der Waals surface area contributed by atoms with Crippen molar-refractivity contribution >= 4 is 28.3 Å². The molecule has 1 aliphatic carbocycles. The van der Waals surface area contributed by atoms with E-state index in [-0.39, 0.29) is 17.2 Å². The Morgan fingerprint density at radius 3 is 2.36 bits per heavy atom. The maximum absolute atomic E-state index is 10.6. The molecule has 0 amide bonds. The minimum Gasteiger partial charge on any atom is -0.612 e. The monoisotopic (exact) mass is 316 g/mol. The molecule has 0 spiro atoms. The number of nitrogens with two attached hydrogens (primary N) is 1. The minimum atomic E-state index is -0.486. The number of aliphatic hydroxyl groups is 1. The largest absolute Gasteiger partial charge is 0.612 e. The predicted octanol–water partition coefficient (Wildman–Crippen LogP) is 2.75. The van der Waals surface area contributed by atoms with Crippen molar-refractivity contribution in [3.63, 3.8) is 0 Å². The Bertz CT molecular complexity index is 669. The number of aliphatic hydroxyl groups excluding tert-OH is 1. The highest BCUT2D eigenvalue weighted by atomic mass is 32.2. The van der Waals surface area contributed by atoms with Crippen LogP contribution in [-0.4, -0.2) is 26.6 Å². The molecular weight excluding hydrogens is 302 g/mol. The highest BCUT2D eigenvalue weighted by molar-refractivity contribution is 8.13. The van der Waals surface area contributed by atoms with Crippen molar-refractivity contribution in [2.75, 3.05) is 5.75 Å². The van der Waals surface area contributed by atoms with Gasteiger partial charge in [0.25, 0.3) is 0 Å². The van der Waals surface area contributed by atoms with E-state index in [0.717, 1.165) is 5.69 Å². The van der Waals surface area contributed by atoms with Crippen molar-refractivity contribution in [3.05, 3.63) is 76.4 Å². The molecule has 0 unspecified atom stereocenters. The Hall–Kier alpha value is -2.67. The Kier molecular flexibility index (Phi) is 5.26. The summed E-state index contributed by atoms with van der Waals surface area (Å²) in [6.07, 6.45) is 5.69. The third-order valence-electron chi connectivity index (χ3n) is 2.76. The quantitative estimate of drug-likeness (QED) is 0.293. The molecule has 0 saturated carbocycles. The van der Waals surface area contributed by atoms with E-state index in [1.807, 2.05) is 30.3 Å². The van der Waals surface area contributed by atoms with Crippen LogP contribution in [0.5, 0.6) is 0 Å². The molecule has 0 radical (unpaired) electrons. The summed E-state index contributed by atoms with van der Waals surface area (Å²) in [6.45, 7) is 0. The number of para-hydroxylation sites is 1. The van der Waals surface area contributed by atoms with Crippen molar-refractivity contribution in [2.24, 2.45) is 10.7 Å². The van der Waals surface area contributed by atoms with Crippen LogP contribution in [-0.2, 0) is 0 Å². The Morgan fingerprint density at radius 2 is 1.77 bits per heavy atom. The average Bonchev–Trinajstić information content (AvgIpc) is 2.53. The minimum absolute atomic E-state index is 0.0191. The zero-order valence-corrected chi connectivity index (χ0v) is 12.4. The van der Waals surface area contributed by atoms with Crippen LogP contribution in [0.25, 0.3) is 0 Å². The molecule has 114 valence electrons. The summed E-state index contributed by atoms with van der Waals surface area (Å²) in [6, 6.07) is 9.26. The molecule has 6 nitrogen and oxygen atoms in total. The van der Waals surface area contributed by atoms with E-state index in [4.69, 9.17) is 5.73 Å². The highest BCUT2D eigenvalue weighted by Crippen LogP contribution is 2.17. The number of nitrogens with zero attached hydrogens (tertiary/aromatic N) is 2. The fraction of sp³-hybridized carbons (Fsp3) is 0.0667. The SMILES string of the molecule is NC(=Nc1ccccc1)SCC(O)=C1C=CC(=[N+]([O-])[O-])C=C1. The van der Waals surface area contributed by atoms with E-state index in [0.29, 0.717) is 10.7 Å². The van der Waals surface area contributed by atoms with Crippen LogP contribution in [0.2, 0.25) is 0 Å². The van der Waals surface area contributed by atoms with Gasteiger partial charge in [0.05, 0.1) is 11.4 Å². The fourth-order valence-electron chi connectivity index (χ4n) is 1.66. The van der Waals surface area contributed by atoms with Crippen LogP contribution in [0.1, 0.15) is 0 Å². The van der Waals surface area contributed by atoms with Crippen LogP contribution in [0.15, 0.2) is 71.0 Å². The lowest BCUT2D eigenvalue weighted by atomic mass is 10.1. The fourth-order valence-corrected chi connectivity index (χ4v) is 2.28. The summed E-state index contributed by atoms with van der Waals surface area (Å²) < 4.78 is 0. The topological polar surface area (TPSA) is 108 Å². The molecule has 0 saturated heterocycles. The molecule has 0 aliphatic heterocycles. The molecular formula is C15H14N3O3S-. The smallest absolute Gasteiger partial charge is 0.222 e. The molecule has 7 heteroatoms. The first-order valence-corrected chi connectivity index (χ1v) is 7.36. The maximum Gasteiger partial charge on any atom is 0.222 e. The van der Waals surface area contributed by atoms with Gasteiger partial charge in [-0.2, -0.15) is 4.90 Å². The van der Waals surface area contributed by atoms with E-state index in [9.17, 15) is 15.5 Å². The van der Waals surface area contributed by atoms with E-state index in [1.165, 1.54) is 36.1 Å². The van der Waals surface area contributed by atoms with Gasteiger partial charge in [0, 0.05) is 17.7 Å². The van der Waals surface area contributed by atoms with Gasteiger partial charge in [-0.05, 0) is 24.3 Å². The third-order valence-corrected chi connectivity index (χ3v) is 3.57. The summed E-state index contributed by atoms with van der Waals surface area (Å²) in [5.41, 5.74) is 7.03. The second-order valence-corrected chi connectivity index (χ2v) is 5.32. The van der Waals surface area contributed by atoms with Gasteiger partial charge in [0.1, 0.15) is 5.76 Å². The molecule has 1 aromatic carbocycles. The van der Waals surface area contributed by atoms with Crippen LogP contribution in [0.4, 0.5) is 5.69 Å². The summed E-state index contributed by atoms with van der Waals surface area (Å²) in [7, 11) is 0. The van der Waals surface area contributed by atoms with Gasteiger partial charge in [0.15, 0.2) is 5.17 Å². The number of benzene rings is 1. The summed E-state index contributed by atoms with van der Waals surface area (Å²) >= 11 is 1.19. The van der Waals surface area contributed by atoms with E-state index in [1.54, 1.807) is 0 Å². The molecule has 2 rings (SSSR count). The van der Waals surface area contributed by atoms with Gasteiger partial charge >= 0.3 is 0 Å². The average molecular weight is 316 g/mol. The summed E-state index contributed by atoms with van der Waals surface area (Å²) in [4.78, 5) is 3.72. The molecule has 0 atom stereocenters. The number of rotatable bonds is 3. The summed E-state index contributed by atoms with van der Waals surface area (Å²) in [5.74, 6) is 0.325. The van der Waals surface area contributed by atoms with Crippen LogP contribution >= 0.6 is 11.8 Å². The number of thioether (sulfide) groups is 1. The first-order valence-electron chi connectivity index (χ1n) is 6.38. The number of amidine groups is 1. The number of aliphatic imine (C=N–C) groups is 1. The van der Waals surface area contributed by atoms with Crippen molar-refractivity contribution in [1.29, 1.82) is 0 Å². The molecule has 1 aliphatic rings. The van der Waals surface area contributed by atoms with Crippen LogP contribution < -0.4 is 5.73 Å². The molecule has 0 aromatic heterocycles. The van der Waals surface area contributed by atoms with Gasteiger partial charge in [-0.1, -0.05) is 30.0 Å². The van der Waals surface area contributed by atoms with Gasteiger partial charge in [-0.25, -0.2) is 4.99 Å². The maximum atomic E-state index is 10.6. The highest BCUT2D eigenvalue weighted by Gasteiger charge is 2.08. The molecule has 0 bridgehead atoms. The Labute approximate surface area is 131 Å². The van der Waals surface area contributed by atoms with Crippen molar-refractivity contribution in [3.8, 4) is 0 Å². The van der Waals surface area contributed by atoms with Crippen molar-refractivity contribution in [1.82, 2.24) is 0 Å². The Morgan fingerprint density at radius 1 is 1.14 bits per heavy atom. The number of hydrogen-bond acceptors (Lipinski definition) is 5. The number of hydrogen-bond donors (Lipinski definition) is 2.